The van der Waals surface area contributed by atoms with E-state index in [4.69, 9.17) is 5.11 Å². The molecule has 0 aliphatic carbocycles. The van der Waals surface area contributed by atoms with Gasteiger partial charge in [-0.1, -0.05) is 18.2 Å². The van der Waals surface area contributed by atoms with Crippen LogP contribution in [0.5, 0.6) is 0 Å². The van der Waals surface area contributed by atoms with E-state index < -0.39 is 0 Å². The average Bonchev–Trinajstić information content (AvgIpc) is 2.02. The maximum absolute atomic E-state index is 9.06. The van der Waals surface area contributed by atoms with Gasteiger partial charge in [0.25, 0.3) is 0 Å². The Morgan fingerprint density at radius 1 is 1.25 bits per heavy atom. The minimum Gasteiger partial charge on any atom is -0.392 e. The first kappa shape index (κ1) is 7.62. The van der Waals surface area contributed by atoms with Crippen molar-refractivity contribution in [2.75, 3.05) is 18.0 Å². The van der Waals surface area contributed by atoms with Gasteiger partial charge >= 0.3 is 0 Å². The molecular weight excluding hydrogens is 150 g/mol. The van der Waals surface area contributed by atoms with Gasteiger partial charge in [0.15, 0.2) is 0 Å². The standard InChI is InChI=1S/C10H13NO/c12-8-9-4-1-2-5-10(9)11-6-3-7-11/h1-2,4-5,12H,3,6-8H2. The van der Waals surface area contributed by atoms with E-state index in [1.165, 1.54) is 12.1 Å². The second-order valence-electron chi connectivity index (χ2n) is 3.13. The molecule has 0 atom stereocenters. The molecule has 0 radical (unpaired) electrons. The van der Waals surface area contributed by atoms with E-state index in [1.54, 1.807) is 0 Å². The third-order valence-electron chi connectivity index (χ3n) is 2.36. The van der Waals surface area contributed by atoms with E-state index in [0.717, 1.165) is 18.7 Å². The average molecular weight is 163 g/mol. The number of anilines is 1. The lowest BCUT2D eigenvalue weighted by molar-refractivity contribution is 0.281. The summed E-state index contributed by atoms with van der Waals surface area (Å²) in [7, 11) is 0. The van der Waals surface area contributed by atoms with E-state index in [2.05, 4.69) is 11.0 Å². The van der Waals surface area contributed by atoms with Crippen LogP contribution in [0.3, 0.4) is 0 Å². The zero-order chi connectivity index (χ0) is 8.39. The van der Waals surface area contributed by atoms with Crippen molar-refractivity contribution >= 4 is 5.69 Å². The fraction of sp³-hybridized carbons (Fsp3) is 0.400. The maximum atomic E-state index is 9.06. The number of hydrogen-bond donors (Lipinski definition) is 1. The summed E-state index contributed by atoms with van der Waals surface area (Å²) in [6, 6.07) is 8.04. The SMILES string of the molecule is OCc1ccccc1N1CCC1. The second kappa shape index (κ2) is 3.15. The van der Waals surface area contributed by atoms with Gasteiger partial charge in [0.05, 0.1) is 6.61 Å². The van der Waals surface area contributed by atoms with E-state index in [9.17, 15) is 0 Å². The Morgan fingerprint density at radius 2 is 2.00 bits per heavy atom. The number of benzene rings is 1. The van der Waals surface area contributed by atoms with E-state index in [0.29, 0.717) is 0 Å². The van der Waals surface area contributed by atoms with Gasteiger partial charge in [-0.25, -0.2) is 0 Å². The highest BCUT2D eigenvalue weighted by Crippen LogP contribution is 2.24. The van der Waals surface area contributed by atoms with Crippen molar-refractivity contribution in [3.63, 3.8) is 0 Å². The quantitative estimate of drug-likeness (QED) is 0.712. The minimum absolute atomic E-state index is 0.146. The van der Waals surface area contributed by atoms with Gasteiger partial charge in [0, 0.05) is 24.3 Å². The molecule has 2 nitrogen and oxygen atoms in total. The summed E-state index contributed by atoms with van der Waals surface area (Å²) < 4.78 is 0. The largest absolute Gasteiger partial charge is 0.392 e. The van der Waals surface area contributed by atoms with E-state index in [-0.39, 0.29) is 6.61 Å². The Hall–Kier alpha value is -1.02. The Labute approximate surface area is 72.4 Å². The van der Waals surface area contributed by atoms with Crippen LogP contribution < -0.4 is 4.90 Å². The van der Waals surface area contributed by atoms with Gasteiger partial charge < -0.3 is 10.0 Å². The maximum Gasteiger partial charge on any atom is 0.0702 e. The predicted molar refractivity (Wildman–Crippen MR) is 49.2 cm³/mol. The van der Waals surface area contributed by atoms with Crippen molar-refractivity contribution in [2.24, 2.45) is 0 Å². The van der Waals surface area contributed by atoms with Crippen LogP contribution in [0.15, 0.2) is 24.3 Å². The number of para-hydroxylation sites is 1. The molecule has 0 spiro atoms. The summed E-state index contributed by atoms with van der Waals surface area (Å²) in [4.78, 5) is 2.30. The lowest BCUT2D eigenvalue weighted by atomic mass is 10.1. The first-order valence-electron chi connectivity index (χ1n) is 4.35. The summed E-state index contributed by atoms with van der Waals surface area (Å²) in [5.41, 5.74) is 2.24. The number of hydrogen-bond acceptors (Lipinski definition) is 2. The molecule has 64 valence electrons. The first-order valence-corrected chi connectivity index (χ1v) is 4.35. The molecular formula is C10H13NO. The molecule has 12 heavy (non-hydrogen) atoms. The summed E-state index contributed by atoms with van der Waals surface area (Å²) >= 11 is 0. The number of rotatable bonds is 2. The molecule has 0 unspecified atom stereocenters. The molecule has 0 bridgehead atoms. The minimum atomic E-state index is 0.146. The number of aliphatic hydroxyl groups is 1. The molecule has 1 saturated heterocycles. The fourth-order valence-corrected chi connectivity index (χ4v) is 1.51. The molecule has 1 aliphatic rings. The Morgan fingerprint density at radius 3 is 2.58 bits per heavy atom. The Bertz CT molecular complexity index is 268. The van der Waals surface area contributed by atoms with Crippen molar-refractivity contribution in [3.05, 3.63) is 29.8 Å². The molecule has 1 fully saturated rings. The summed E-state index contributed by atoms with van der Waals surface area (Å²) in [6.07, 6.45) is 1.28. The zero-order valence-corrected chi connectivity index (χ0v) is 7.03. The predicted octanol–water partition coefficient (Wildman–Crippen LogP) is 1.39. The van der Waals surface area contributed by atoms with Gasteiger partial charge in [-0.15, -0.1) is 0 Å². The molecule has 1 aromatic rings. The summed E-state index contributed by atoms with van der Waals surface area (Å²) in [5.74, 6) is 0. The first-order chi connectivity index (χ1) is 5.92. The van der Waals surface area contributed by atoms with Crippen molar-refractivity contribution in [2.45, 2.75) is 13.0 Å². The topological polar surface area (TPSA) is 23.5 Å². The lowest BCUT2D eigenvalue weighted by Crippen LogP contribution is -2.37. The molecule has 0 saturated carbocycles. The van der Waals surface area contributed by atoms with E-state index in [1.807, 2.05) is 18.2 Å². The van der Waals surface area contributed by atoms with Crippen molar-refractivity contribution < 1.29 is 5.11 Å². The Kier molecular flexibility index (Phi) is 2.00. The molecule has 2 heteroatoms. The van der Waals surface area contributed by atoms with Crippen LogP contribution in [0, 0.1) is 0 Å². The van der Waals surface area contributed by atoms with Gasteiger partial charge in [-0.05, 0) is 12.5 Å². The van der Waals surface area contributed by atoms with Gasteiger partial charge in [0.1, 0.15) is 0 Å². The van der Waals surface area contributed by atoms with Crippen LogP contribution in [-0.2, 0) is 6.61 Å². The van der Waals surface area contributed by atoms with Crippen molar-refractivity contribution in [1.29, 1.82) is 0 Å². The monoisotopic (exact) mass is 163 g/mol. The van der Waals surface area contributed by atoms with Gasteiger partial charge in [-0.3, -0.25) is 0 Å². The normalized spacial score (nSPS) is 15.9. The Balaban J connectivity index is 2.27. The zero-order valence-electron chi connectivity index (χ0n) is 7.03. The summed E-state index contributed by atoms with van der Waals surface area (Å²) in [5, 5.41) is 9.06. The molecule has 1 aliphatic heterocycles. The highest BCUT2D eigenvalue weighted by atomic mass is 16.3. The van der Waals surface area contributed by atoms with E-state index >= 15 is 0 Å². The number of nitrogens with zero attached hydrogens (tertiary/aromatic N) is 1. The molecule has 2 rings (SSSR count). The van der Waals surface area contributed by atoms with Crippen LogP contribution in [0.4, 0.5) is 5.69 Å². The van der Waals surface area contributed by atoms with Crippen molar-refractivity contribution in [1.82, 2.24) is 0 Å². The van der Waals surface area contributed by atoms with Crippen LogP contribution in [-0.4, -0.2) is 18.2 Å². The third kappa shape index (κ3) is 1.18. The second-order valence-corrected chi connectivity index (χ2v) is 3.13. The van der Waals surface area contributed by atoms with Gasteiger partial charge in [0.2, 0.25) is 0 Å². The molecule has 0 amide bonds. The summed E-state index contributed by atoms with van der Waals surface area (Å²) in [6.45, 7) is 2.42. The van der Waals surface area contributed by atoms with Crippen LogP contribution in [0.2, 0.25) is 0 Å². The lowest BCUT2D eigenvalue weighted by Gasteiger charge is -2.34. The van der Waals surface area contributed by atoms with Crippen LogP contribution in [0.25, 0.3) is 0 Å². The molecule has 1 N–H and O–H groups in total. The highest BCUT2D eigenvalue weighted by molar-refractivity contribution is 5.54. The van der Waals surface area contributed by atoms with Crippen molar-refractivity contribution in [3.8, 4) is 0 Å². The number of aliphatic hydroxyl groups excluding tert-OH is 1. The fourth-order valence-electron chi connectivity index (χ4n) is 1.51. The smallest absolute Gasteiger partial charge is 0.0702 e. The molecule has 0 aromatic heterocycles. The highest BCUT2D eigenvalue weighted by Gasteiger charge is 2.16. The van der Waals surface area contributed by atoms with Crippen LogP contribution >= 0.6 is 0 Å². The third-order valence-corrected chi connectivity index (χ3v) is 2.36. The molecule has 1 aromatic carbocycles. The van der Waals surface area contributed by atoms with Crippen LogP contribution in [0.1, 0.15) is 12.0 Å². The molecule has 1 heterocycles. The van der Waals surface area contributed by atoms with Gasteiger partial charge in [-0.2, -0.15) is 0 Å².